The molecule has 0 atom stereocenters. The zero-order valence-electron chi connectivity index (χ0n) is 10.6. The lowest BCUT2D eigenvalue weighted by atomic mass is 10.1. The van der Waals surface area contributed by atoms with Gasteiger partial charge >= 0.3 is 0 Å². The number of halogens is 2. The molecule has 0 saturated carbocycles. The summed E-state index contributed by atoms with van der Waals surface area (Å²) in [6, 6.07) is 10.5. The van der Waals surface area contributed by atoms with E-state index in [1.54, 1.807) is 12.1 Å². The van der Waals surface area contributed by atoms with E-state index in [4.69, 9.17) is 17.3 Å². The zero-order chi connectivity index (χ0) is 15.0. The maximum atomic E-state index is 13.7. The molecule has 0 bridgehead atoms. The average molecular weight is 335 g/mol. The number of nitrogens with zero attached hydrogens (tertiary/aromatic N) is 1. The predicted molar refractivity (Wildman–Crippen MR) is 87.2 cm³/mol. The van der Waals surface area contributed by atoms with E-state index in [0.29, 0.717) is 16.1 Å². The van der Waals surface area contributed by atoms with Crippen molar-refractivity contribution >= 4 is 40.0 Å². The summed E-state index contributed by atoms with van der Waals surface area (Å²) in [5.74, 6) is -0.489. The van der Waals surface area contributed by atoms with E-state index in [0.717, 1.165) is 15.3 Å². The minimum Gasteiger partial charge on any atom is -0.396 e. The highest BCUT2D eigenvalue weighted by Crippen LogP contribution is 2.48. The second-order valence-electron chi connectivity index (χ2n) is 4.24. The summed E-state index contributed by atoms with van der Waals surface area (Å²) >= 11 is 8.82. The Balaban J connectivity index is 2.33. The van der Waals surface area contributed by atoms with Crippen LogP contribution >= 0.6 is 34.3 Å². The molecule has 21 heavy (non-hydrogen) atoms. The minimum absolute atomic E-state index is 0.0426. The van der Waals surface area contributed by atoms with Crippen LogP contribution in [0, 0.1) is 17.1 Å². The molecule has 0 aliphatic carbocycles. The number of nitrogens with two attached hydrogens (primary N) is 1. The van der Waals surface area contributed by atoms with E-state index in [-0.39, 0.29) is 5.02 Å². The highest BCUT2D eigenvalue weighted by Gasteiger charge is 2.21. The largest absolute Gasteiger partial charge is 0.396 e. The van der Waals surface area contributed by atoms with Gasteiger partial charge in [-0.05, 0) is 17.5 Å². The Hall–Kier alpha value is -1.87. The van der Waals surface area contributed by atoms with Crippen LogP contribution in [0.25, 0.3) is 20.9 Å². The fourth-order valence-electron chi connectivity index (χ4n) is 2.06. The molecule has 104 valence electrons. The van der Waals surface area contributed by atoms with Crippen molar-refractivity contribution in [1.82, 2.24) is 0 Å². The van der Waals surface area contributed by atoms with Crippen LogP contribution in [0.15, 0.2) is 35.7 Å². The minimum atomic E-state index is -0.489. The molecule has 0 spiro atoms. The summed E-state index contributed by atoms with van der Waals surface area (Å²) in [5.41, 5.74) is 7.81. The third-order valence-corrected chi connectivity index (χ3v) is 5.43. The van der Waals surface area contributed by atoms with E-state index < -0.39 is 5.82 Å². The van der Waals surface area contributed by atoms with Gasteiger partial charge in [0, 0.05) is 20.9 Å². The molecular weight excluding hydrogens is 327 g/mol. The average Bonchev–Trinajstić information content (AvgIpc) is 3.09. The number of hydrogen-bond donors (Lipinski definition) is 1. The Labute approximate surface area is 133 Å². The van der Waals surface area contributed by atoms with Gasteiger partial charge in [-0.25, -0.2) is 4.39 Å². The number of thiophene rings is 2. The van der Waals surface area contributed by atoms with Gasteiger partial charge in [-0.1, -0.05) is 29.8 Å². The van der Waals surface area contributed by atoms with E-state index in [1.165, 1.54) is 28.7 Å². The molecule has 0 fully saturated rings. The van der Waals surface area contributed by atoms with Gasteiger partial charge < -0.3 is 5.73 Å². The van der Waals surface area contributed by atoms with Gasteiger partial charge in [-0.3, -0.25) is 0 Å². The first kappa shape index (κ1) is 14.1. The number of anilines is 1. The van der Waals surface area contributed by atoms with E-state index >= 15 is 0 Å². The van der Waals surface area contributed by atoms with Crippen molar-refractivity contribution in [3.8, 4) is 27.0 Å². The number of nitriles is 1. The molecule has 6 heteroatoms. The summed E-state index contributed by atoms with van der Waals surface area (Å²) in [5, 5.41) is 11.2. The van der Waals surface area contributed by atoms with E-state index in [9.17, 15) is 9.65 Å². The Bertz CT molecular complexity index is 847. The highest BCUT2D eigenvalue weighted by atomic mass is 35.5. The molecule has 2 N–H and O–H groups in total. The Morgan fingerprint density at radius 3 is 2.71 bits per heavy atom. The lowest BCUT2D eigenvalue weighted by Crippen LogP contribution is -1.88. The molecular formula is C15H8ClFN2S2. The summed E-state index contributed by atoms with van der Waals surface area (Å²) in [7, 11) is 0. The van der Waals surface area contributed by atoms with Crippen molar-refractivity contribution in [1.29, 1.82) is 5.26 Å². The molecule has 3 aromatic rings. The first-order chi connectivity index (χ1) is 10.1. The van der Waals surface area contributed by atoms with Crippen molar-refractivity contribution < 1.29 is 4.39 Å². The molecule has 0 unspecified atom stereocenters. The quantitative estimate of drug-likeness (QED) is 0.683. The van der Waals surface area contributed by atoms with Gasteiger partial charge in [0.2, 0.25) is 0 Å². The fraction of sp³-hybridized carbons (Fsp3) is 0. The third kappa shape index (κ3) is 2.32. The fourth-order valence-corrected chi connectivity index (χ4v) is 4.26. The number of nitrogen functional groups attached to an aromatic ring is 1. The second kappa shape index (κ2) is 5.49. The van der Waals surface area contributed by atoms with Crippen LogP contribution in [0.1, 0.15) is 4.88 Å². The molecule has 0 amide bonds. The van der Waals surface area contributed by atoms with Crippen LogP contribution in [0.3, 0.4) is 0 Å². The molecule has 0 radical (unpaired) electrons. The monoisotopic (exact) mass is 334 g/mol. The van der Waals surface area contributed by atoms with Gasteiger partial charge in [0.15, 0.2) is 0 Å². The highest BCUT2D eigenvalue weighted by molar-refractivity contribution is 7.19. The van der Waals surface area contributed by atoms with Crippen LogP contribution in [0.4, 0.5) is 10.1 Å². The maximum Gasteiger partial charge on any atom is 0.142 e. The van der Waals surface area contributed by atoms with Crippen molar-refractivity contribution in [3.05, 3.63) is 51.4 Å². The summed E-state index contributed by atoms with van der Waals surface area (Å²) in [6.07, 6.45) is 0. The summed E-state index contributed by atoms with van der Waals surface area (Å²) in [6.45, 7) is 0. The van der Waals surface area contributed by atoms with Crippen molar-refractivity contribution in [2.24, 2.45) is 0 Å². The van der Waals surface area contributed by atoms with Gasteiger partial charge in [0.1, 0.15) is 16.8 Å². The maximum absolute atomic E-state index is 13.7. The third-order valence-electron chi connectivity index (χ3n) is 3.01. The first-order valence-electron chi connectivity index (χ1n) is 5.94. The lowest BCUT2D eigenvalue weighted by molar-refractivity contribution is 0.629. The first-order valence-corrected chi connectivity index (χ1v) is 8.01. The standard InChI is InChI=1S/C15H8ClFN2S2/c16-13-8(3-1-4-9(13)17)15-12(10-5-2-6-20-10)14(19)11(7-18)21-15/h1-6H,19H2. The summed E-state index contributed by atoms with van der Waals surface area (Å²) in [4.78, 5) is 2.06. The molecule has 0 saturated heterocycles. The molecule has 2 heterocycles. The molecule has 0 aliphatic rings. The normalized spacial score (nSPS) is 10.5. The lowest BCUT2D eigenvalue weighted by Gasteiger charge is -2.06. The molecule has 1 aromatic carbocycles. The van der Waals surface area contributed by atoms with Crippen LogP contribution in [0.5, 0.6) is 0 Å². The summed E-state index contributed by atoms with van der Waals surface area (Å²) < 4.78 is 13.7. The van der Waals surface area contributed by atoms with Crippen molar-refractivity contribution in [3.63, 3.8) is 0 Å². The van der Waals surface area contributed by atoms with Crippen LogP contribution in [0.2, 0.25) is 5.02 Å². The predicted octanol–water partition coefficient (Wildman–Crippen LogP) is 5.39. The number of rotatable bonds is 2. The number of hydrogen-bond acceptors (Lipinski definition) is 4. The molecule has 3 rings (SSSR count). The van der Waals surface area contributed by atoms with E-state index in [1.807, 2.05) is 17.5 Å². The van der Waals surface area contributed by atoms with Crippen LogP contribution in [-0.4, -0.2) is 0 Å². The Kier molecular flexibility index (Phi) is 3.68. The SMILES string of the molecule is N#Cc1sc(-c2cccc(F)c2Cl)c(-c2cccs2)c1N. The van der Waals surface area contributed by atoms with Crippen LogP contribution in [-0.2, 0) is 0 Å². The number of benzene rings is 1. The molecule has 0 aliphatic heterocycles. The van der Waals surface area contributed by atoms with Gasteiger partial charge in [0.05, 0.1) is 10.7 Å². The van der Waals surface area contributed by atoms with Gasteiger partial charge in [-0.2, -0.15) is 5.26 Å². The zero-order valence-corrected chi connectivity index (χ0v) is 13.0. The van der Waals surface area contributed by atoms with E-state index in [2.05, 4.69) is 6.07 Å². The van der Waals surface area contributed by atoms with Crippen LogP contribution < -0.4 is 5.73 Å². The molecule has 2 nitrogen and oxygen atoms in total. The Morgan fingerprint density at radius 1 is 1.24 bits per heavy atom. The smallest absolute Gasteiger partial charge is 0.142 e. The second-order valence-corrected chi connectivity index (χ2v) is 6.59. The molecule has 2 aromatic heterocycles. The van der Waals surface area contributed by atoms with Crippen molar-refractivity contribution in [2.75, 3.05) is 5.73 Å². The topological polar surface area (TPSA) is 49.8 Å². The van der Waals surface area contributed by atoms with Gasteiger partial charge in [0.25, 0.3) is 0 Å². The van der Waals surface area contributed by atoms with Gasteiger partial charge in [-0.15, -0.1) is 22.7 Å². The van der Waals surface area contributed by atoms with Crippen molar-refractivity contribution in [2.45, 2.75) is 0 Å². The Morgan fingerprint density at radius 2 is 2.05 bits per heavy atom.